The largest absolute Gasteiger partial charge is 0.411 e. The molecule has 3 aromatic carbocycles. The maximum atomic E-state index is 12.9. The minimum absolute atomic E-state index is 0.107. The molecule has 0 atom stereocenters. The Labute approximate surface area is 210 Å². The number of aromatic amines is 1. The van der Waals surface area contributed by atoms with E-state index in [0.29, 0.717) is 16.9 Å². The van der Waals surface area contributed by atoms with Gasteiger partial charge in [-0.1, -0.05) is 78.5 Å². The molecule has 36 heavy (non-hydrogen) atoms. The first-order chi connectivity index (χ1) is 17.7. The molecule has 0 spiro atoms. The van der Waals surface area contributed by atoms with Crippen molar-refractivity contribution in [3.8, 4) is 28.4 Å². The van der Waals surface area contributed by atoms with Gasteiger partial charge >= 0.3 is 0 Å². The summed E-state index contributed by atoms with van der Waals surface area (Å²) < 4.78 is 7.54. The average molecular weight is 493 g/mol. The standard InChI is InChI=1S/C27H20N6O2S/c34-25(17-36-27-31-30-26(35-27)21-16-28-22-14-8-7-13-20(21)22)29-24-15-23(18-9-3-1-4-10-18)32-33(24)19-11-5-2-6-12-19/h1-16,28H,17H2,(H,29,34). The minimum Gasteiger partial charge on any atom is -0.411 e. The fraction of sp³-hybridized carbons (Fsp3) is 0.0370. The number of carbonyl (C=O) groups excluding carboxylic acids is 1. The molecule has 3 heterocycles. The number of rotatable bonds is 7. The average Bonchev–Trinajstić information content (AvgIpc) is 3.67. The maximum absolute atomic E-state index is 12.9. The second-order valence-corrected chi connectivity index (χ2v) is 8.91. The second kappa shape index (κ2) is 9.55. The zero-order chi connectivity index (χ0) is 24.3. The Kier molecular flexibility index (Phi) is 5.80. The number of nitrogens with zero attached hydrogens (tertiary/aromatic N) is 4. The van der Waals surface area contributed by atoms with E-state index >= 15 is 0 Å². The van der Waals surface area contributed by atoms with E-state index in [9.17, 15) is 4.79 Å². The molecule has 0 aliphatic carbocycles. The van der Waals surface area contributed by atoms with Gasteiger partial charge in [-0.3, -0.25) is 4.79 Å². The first-order valence-corrected chi connectivity index (χ1v) is 12.3. The third-order valence-electron chi connectivity index (χ3n) is 5.60. The third-order valence-corrected chi connectivity index (χ3v) is 6.42. The summed E-state index contributed by atoms with van der Waals surface area (Å²) in [4.78, 5) is 16.1. The van der Waals surface area contributed by atoms with E-state index < -0.39 is 0 Å². The van der Waals surface area contributed by atoms with Gasteiger partial charge in [0.15, 0.2) is 0 Å². The summed E-state index contributed by atoms with van der Waals surface area (Å²) >= 11 is 1.18. The zero-order valence-electron chi connectivity index (χ0n) is 19.0. The molecule has 176 valence electrons. The van der Waals surface area contributed by atoms with Crippen LogP contribution in [-0.2, 0) is 4.79 Å². The smallest absolute Gasteiger partial charge is 0.277 e. The SMILES string of the molecule is O=C(CSc1nnc(-c2c[nH]c3ccccc23)o1)Nc1cc(-c2ccccc2)nn1-c1ccccc1. The lowest BCUT2D eigenvalue weighted by atomic mass is 10.2. The molecule has 0 bridgehead atoms. The normalized spacial score (nSPS) is 11.1. The zero-order valence-corrected chi connectivity index (χ0v) is 19.8. The molecule has 0 aliphatic heterocycles. The van der Waals surface area contributed by atoms with Crippen LogP contribution < -0.4 is 5.32 Å². The van der Waals surface area contributed by atoms with E-state index in [1.54, 1.807) is 4.68 Å². The van der Waals surface area contributed by atoms with E-state index in [0.717, 1.165) is 33.4 Å². The van der Waals surface area contributed by atoms with Crippen molar-refractivity contribution in [1.82, 2.24) is 25.0 Å². The number of H-pyrrole nitrogens is 1. The van der Waals surface area contributed by atoms with E-state index in [2.05, 4.69) is 20.5 Å². The van der Waals surface area contributed by atoms with Crippen LogP contribution in [0.4, 0.5) is 5.82 Å². The molecule has 3 aromatic heterocycles. The van der Waals surface area contributed by atoms with E-state index in [-0.39, 0.29) is 11.7 Å². The lowest BCUT2D eigenvalue weighted by Gasteiger charge is -2.08. The van der Waals surface area contributed by atoms with Crippen molar-refractivity contribution in [2.45, 2.75) is 5.22 Å². The van der Waals surface area contributed by atoms with Crippen molar-refractivity contribution in [2.24, 2.45) is 0 Å². The van der Waals surface area contributed by atoms with Gasteiger partial charge in [-0.05, 0) is 18.2 Å². The number of para-hydroxylation sites is 2. The molecule has 2 N–H and O–H groups in total. The van der Waals surface area contributed by atoms with Crippen molar-refractivity contribution in [2.75, 3.05) is 11.1 Å². The van der Waals surface area contributed by atoms with Crippen LogP contribution in [0.2, 0.25) is 0 Å². The molecule has 0 fully saturated rings. The minimum atomic E-state index is -0.205. The van der Waals surface area contributed by atoms with Gasteiger partial charge in [-0.25, -0.2) is 4.68 Å². The highest BCUT2D eigenvalue weighted by atomic mass is 32.2. The van der Waals surface area contributed by atoms with Crippen molar-refractivity contribution in [3.63, 3.8) is 0 Å². The highest BCUT2D eigenvalue weighted by Crippen LogP contribution is 2.30. The summed E-state index contributed by atoms with van der Waals surface area (Å²) in [5.74, 6) is 0.889. The Hall–Kier alpha value is -4.63. The Bertz CT molecular complexity index is 1640. The Balaban J connectivity index is 1.18. The van der Waals surface area contributed by atoms with Gasteiger partial charge in [0.05, 0.1) is 22.7 Å². The molecule has 8 nitrogen and oxygen atoms in total. The number of carbonyl (C=O) groups is 1. The van der Waals surface area contributed by atoms with Crippen molar-refractivity contribution >= 4 is 34.4 Å². The van der Waals surface area contributed by atoms with Crippen LogP contribution in [0.3, 0.4) is 0 Å². The van der Waals surface area contributed by atoms with Gasteiger partial charge in [0.2, 0.25) is 5.91 Å². The van der Waals surface area contributed by atoms with Gasteiger partial charge in [-0.15, -0.1) is 10.2 Å². The molecule has 6 rings (SSSR count). The summed E-state index contributed by atoms with van der Waals surface area (Å²) in [6.45, 7) is 0. The second-order valence-electron chi connectivity index (χ2n) is 7.99. The number of amides is 1. The summed E-state index contributed by atoms with van der Waals surface area (Å²) in [6.07, 6.45) is 1.84. The number of thioether (sulfide) groups is 1. The molecule has 9 heteroatoms. The maximum Gasteiger partial charge on any atom is 0.277 e. The van der Waals surface area contributed by atoms with E-state index in [1.807, 2.05) is 97.2 Å². The first-order valence-electron chi connectivity index (χ1n) is 11.3. The topological polar surface area (TPSA) is 102 Å². The summed E-state index contributed by atoms with van der Waals surface area (Å²) in [5.41, 5.74) is 4.40. The summed E-state index contributed by atoms with van der Waals surface area (Å²) in [6, 6.07) is 29.3. The highest BCUT2D eigenvalue weighted by Gasteiger charge is 2.17. The molecular weight excluding hydrogens is 472 g/mol. The van der Waals surface area contributed by atoms with Crippen LogP contribution >= 0.6 is 11.8 Å². The Morgan fingerprint density at radius 3 is 2.53 bits per heavy atom. The third kappa shape index (κ3) is 4.39. The lowest BCUT2D eigenvalue weighted by molar-refractivity contribution is -0.113. The van der Waals surface area contributed by atoms with Crippen LogP contribution in [0.5, 0.6) is 0 Å². The molecule has 1 amide bonds. The Morgan fingerprint density at radius 2 is 1.69 bits per heavy atom. The highest BCUT2D eigenvalue weighted by molar-refractivity contribution is 7.99. The molecule has 0 saturated carbocycles. The van der Waals surface area contributed by atoms with Gasteiger partial charge in [0.1, 0.15) is 5.82 Å². The van der Waals surface area contributed by atoms with Crippen LogP contribution in [0, 0.1) is 0 Å². The molecule has 0 radical (unpaired) electrons. The molecule has 0 unspecified atom stereocenters. The van der Waals surface area contributed by atoms with Crippen molar-refractivity contribution < 1.29 is 9.21 Å². The van der Waals surface area contributed by atoms with Crippen LogP contribution in [0.25, 0.3) is 39.3 Å². The van der Waals surface area contributed by atoms with Crippen molar-refractivity contribution in [3.05, 3.63) is 97.2 Å². The number of benzene rings is 3. The molecule has 6 aromatic rings. The van der Waals surface area contributed by atoms with Crippen molar-refractivity contribution in [1.29, 1.82) is 0 Å². The number of anilines is 1. The van der Waals surface area contributed by atoms with Gasteiger partial charge in [0.25, 0.3) is 11.1 Å². The number of hydrogen-bond acceptors (Lipinski definition) is 6. The van der Waals surface area contributed by atoms with E-state index in [4.69, 9.17) is 9.52 Å². The number of nitrogens with one attached hydrogen (secondary N) is 2. The fourth-order valence-electron chi connectivity index (χ4n) is 3.92. The Morgan fingerprint density at radius 1 is 0.944 bits per heavy atom. The number of aromatic nitrogens is 5. The lowest BCUT2D eigenvalue weighted by Crippen LogP contribution is -2.16. The quantitative estimate of drug-likeness (QED) is 0.273. The molecule has 0 saturated heterocycles. The predicted molar refractivity (Wildman–Crippen MR) is 140 cm³/mol. The van der Waals surface area contributed by atoms with Gasteiger partial charge in [-0.2, -0.15) is 5.10 Å². The predicted octanol–water partition coefficient (Wildman–Crippen LogP) is 5.80. The fourth-order valence-corrected chi connectivity index (χ4v) is 4.48. The number of hydrogen-bond donors (Lipinski definition) is 2. The van der Waals surface area contributed by atoms with Gasteiger partial charge < -0.3 is 14.7 Å². The molecule has 0 aliphatic rings. The van der Waals surface area contributed by atoms with Crippen LogP contribution in [0.15, 0.2) is 107 Å². The summed E-state index contributed by atoms with van der Waals surface area (Å²) in [7, 11) is 0. The van der Waals surface area contributed by atoms with E-state index in [1.165, 1.54) is 11.8 Å². The van der Waals surface area contributed by atoms with Crippen LogP contribution in [-0.4, -0.2) is 36.6 Å². The van der Waals surface area contributed by atoms with Crippen LogP contribution in [0.1, 0.15) is 0 Å². The summed E-state index contributed by atoms with van der Waals surface area (Å²) in [5, 5.41) is 17.3. The van der Waals surface area contributed by atoms with Gasteiger partial charge in [0, 0.05) is 28.7 Å². The first kappa shape index (κ1) is 21.9. The monoisotopic (exact) mass is 492 g/mol. The number of fused-ring (bicyclic) bond motifs is 1. The molecular formula is C27H20N6O2S.